The molecular weight excluding hydrogens is 263 g/mol. The molecule has 0 amide bonds. The highest BCUT2D eigenvalue weighted by atomic mass is 35.5. The zero-order valence-corrected chi connectivity index (χ0v) is 11.6. The van der Waals surface area contributed by atoms with Crippen molar-refractivity contribution in [3.05, 3.63) is 28.3 Å². The molecule has 0 saturated heterocycles. The molecule has 0 heterocycles. The van der Waals surface area contributed by atoms with E-state index < -0.39 is 7.60 Å². The first-order chi connectivity index (χ1) is 7.50. The van der Waals surface area contributed by atoms with Crippen LogP contribution in [0.25, 0.3) is 0 Å². The zero-order chi connectivity index (χ0) is 13.4. The molecule has 3 N–H and O–H groups in total. The van der Waals surface area contributed by atoms with E-state index in [4.69, 9.17) is 21.4 Å². The highest BCUT2D eigenvalue weighted by molar-refractivity contribution is 7.50. The summed E-state index contributed by atoms with van der Waals surface area (Å²) in [4.78, 5) is 17.9. The Morgan fingerprint density at radius 3 is 2.24 bits per heavy atom. The van der Waals surface area contributed by atoms with E-state index in [1.807, 2.05) is 20.8 Å². The molecule has 0 aliphatic rings. The van der Waals surface area contributed by atoms with Gasteiger partial charge >= 0.3 is 7.60 Å². The fourth-order valence-corrected chi connectivity index (χ4v) is 2.46. The molecule has 96 valence electrons. The van der Waals surface area contributed by atoms with Gasteiger partial charge < -0.3 is 14.9 Å². The molecule has 0 unspecified atom stereocenters. The largest absolute Gasteiger partial charge is 0.506 e. The molecule has 0 spiro atoms. The van der Waals surface area contributed by atoms with E-state index >= 15 is 0 Å². The van der Waals surface area contributed by atoms with Crippen molar-refractivity contribution in [2.45, 2.75) is 32.3 Å². The third kappa shape index (κ3) is 4.00. The molecule has 0 aliphatic carbocycles. The summed E-state index contributed by atoms with van der Waals surface area (Å²) in [5.41, 5.74) is 0.651. The van der Waals surface area contributed by atoms with Gasteiger partial charge in [0, 0.05) is 5.56 Å². The lowest BCUT2D eigenvalue weighted by molar-refractivity contribution is 0.371. The van der Waals surface area contributed by atoms with Gasteiger partial charge in [-0.05, 0) is 17.0 Å². The summed E-state index contributed by atoms with van der Waals surface area (Å²) >= 11 is 5.85. The Morgan fingerprint density at radius 2 is 1.82 bits per heavy atom. The van der Waals surface area contributed by atoms with Crippen LogP contribution in [-0.2, 0) is 16.1 Å². The van der Waals surface area contributed by atoms with E-state index in [1.54, 1.807) is 6.07 Å². The fourth-order valence-electron chi connectivity index (χ4n) is 1.56. The second-order valence-corrected chi connectivity index (χ2v) is 7.10. The van der Waals surface area contributed by atoms with Crippen LogP contribution in [0.2, 0.25) is 5.02 Å². The first-order valence-electron chi connectivity index (χ1n) is 5.07. The lowest BCUT2D eigenvalue weighted by atomic mass is 9.85. The Labute approximate surface area is 105 Å². The topological polar surface area (TPSA) is 77.8 Å². The molecule has 0 aromatic heterocycles. The van der Waals surface area contributed by atoms with Gasteiger partial charge in [-0.15, -0.1) is 0 Å². The van der Waals surface area contributed by atoms with Crippen LogP contribution >= 0.6 is 19.2 Å². The molecule has 6 heteroatoms. The molecule has 0 fully saturated rings. The lowest BCUT2D eigenvalue weighted by Gasteiger charge is -2.22. The van der Waals surface area contributed by atoms with E-state index in [1.165, 1.54) is 6.07 Å². The summed E-state index contributed by atoms with van der Waals surface area (Å²) in [6, 6.07) is 2.96. The molecule has 4 nitrogen and oxygen atoms in total. The number of hydrogen-bond acceptors (Lipinski definition) is 2. The minimum Gasteiger partial charge on any atom is -0.506 e. The van der Waals surface area contributed by atoms with E-state index in [9.17, 15) is 9.67 Å². The van der Waals surface area contributed by atoms with Crippen LogP contribution in [0.3, 0.4) is 0 Å². The van der Waals surface area contributed by atoms with Crippen LogP contribution in [0.15, 0.2) is 12.1 Å². The Kier molecular flexibility index (Phi) is 3.94. The van der Waals surface area contributed by atoms with Crippen LogP contribution in [-0.4, -0.2) is 14.9 Å². The standard InChI is InChI=1S/C11H16ClO4P/c1-11(2,3)8-4-7(6-17(14,15)16)5-9(12)10(8)13/h4-5,13H,6H2,1-3H3,(H2,14,15,16). The molecule has 1 aromatic rings. The number of benzene rings is 1. The molecular formula is C11H16ClO4P. The van der Waals surface area contributed by atoms with E-state index in [0.717, 1.165) is 0 Å². The Bertz CT molecular complexity index is 473. The predicted octanol–water partition coefficient (Wildman–Crippen LogP) is 3.02. The molecule has 1 aromatic carbocycles. The van der Waals surface area contributed by atoms with Crippen LogP contribution < -0.4 is 0 Å². The Morgan fingerprint density at radius 1 is 1.29 bits per heavy atom. The minimum atomic E-state index is -4.13. The van der Waals surface area contributed by atoms with E-state index in [0.29, 0.717) is 11.1 Å². The quantitative estimate of drug-likeness (QED) is 0.727. The van der Waals surface area contributed by atoms with Gasteiger partial charge in [-0.25, -0.2) is 0 Å². The minimum absolute atomic E-state index is 0.0337. The maximum Gasteiger partial charge on any atom is 0.329 e. The Hall–Kier alpha value is -0.540. The molecule has 1 rings (SSSR count). The van der Waals surface area contributed by atoms with Crippen molar-refractivity contribution in [2.24, 2.45) is 0 Å². The summed E-state index contributed by atoms with van der Waals surface area (Å²) in [6.45, 7) is 5.67. The maximum atomic E-state index is 10.9. The van der Waals surface area contributed by atoms with E-state index in [2.05, 4.69) is 0 Å². The van der Waals surface area contributed by atoms with Gasteiger partial charge in [0.05, 0.1) is 11.2 Å². The van der Waals surface area contributed by atoms with Crippen molar-refractivity contribution in [3.8, 4) is 5.75 Å². The number of hydrogen-bond donors (Lipinski definition) is 3. The van der Waals surface area contributed by atoms with Crippen molar-refractivity contribution in [1.29, 1.82) is 0 Å². The van der Waals surface area contributed by atoms with Crippen molar-refractivity contribution in [1.82, 2.24) is 0 Å². The molecule has 0 saturated carbocycles. The highest BCUT2D eigenvalue weighted by Gasteiger charge is 2.23. The average molecular weight is 279 g/mol. The molecule has 17 heavy (non-hydrogen) atoms. The number of rotatable bonds is 2. The van der Waals surface area contributed by atoms with Gasteiger partial charge in [0.2, 0.25) is 0 Å². The Balaban J connectivity index is 3.30. The first kappa shape index (κ1) is 14.5. The number of phenols is 1. The summed E-state index contributed by atoms with van der Waals surface area (Å²) in [6.07, 6.45) is -0.379. The molecule has 0 atom stereocenters. The third-order valence-corrected chi connectivity index (χ3v) is 3.38. The summed E-state index contributed by atoms with van der Waals surface area (Å²) in [5.74, 6) is -0.0337. The number of aromatic hydroxyl groups is 1. The SMILES string of the molecule is CC(C)(C)c1cc(CP(=O)(O)O)cc(Cl)c1O. The normalized spacial score (nSPS) is 12.8. The highest BCUT2D eigenvalue weighted by Crippen LogP contribution is 2.43. The lowest BCUT2D eigenvalue weighted by Crippen LogP contribution is -2.12. The monoisotopic (exact) mass is 278 g/mol. The summed E-state index contributed by atoms with van der Waals surface area (Å²) in [5, 5.41) is 9.94. The average Bonchev–Trinajstić information content (AvgIpc) is 2.06. The first-order valence-corrected chi connectivity index (χ1v) is 7.25. The van der Waals surface area contributed by atoms with Crippen molar-refractivity contribution in [2.75, 3.05) is 0 Å². The van der Waals surface area contributed by atoms with Gasteiger partial charge in [0.1, 0.15) is 5.75 Å². The maximum absolute atomic E-state index is 10.9. The van der Waals surface area contributed by atoms with Gasteiger partial charge in [-0.3, -0.25) is 4.57 Å². The van der Waals surface area contributed by atoms with Crippen LogP contribution in [0.5, 0.6) is 5.75 Å². The summed E-state index contributed by atoms with van der Waals surface area (Å²) in [7, 11) is -4.13. The molecule has 0 bridgehead atoms. The second-order valence-electron chi connectivity index (χ2n) is 5.05. The number of halogens is 1. The predicted molar refractivity (Wildman–Crippen MR) is 67.6 cm³/mol. The molecule has 0 aliphatic heterocycles. The fraction of sp³-hybridized carbons (Fsp3) is 0.455. The van der Waals surface area contributed by atoms with Gasteiger partial charge in [0.25, 0.3) is 0 Å². The van der Waals surface area contributed by atoms with Crippen molar-refractivity contribution in [3.63, 3.8) is 0 Å². The van der Waals surface area contributed by atoms with Crippen LogP contribution in [0, 0.1) is 0 Å². The van der Waals surface area contributed by atoms with Crippen molar-refractivity contribution < 1.29 is 19.5 Å². The second kappa shape index (κ2) is 4.62. The summed E-state index contributed by atoms with van der Waals surface area (Å²) < 4.78 is 10.9. The smallest absolute Gasteiger partial charge is 0.329 e. The van der Waals surface area contributed by atoms with Crippen LogP contribution in [0.4, 0.5) is 0 Å². The van der Waals surface area contributed by atoms with Crippen molar-refractivity contribution >= 4 is 19.2 Å². The third-order valence-electron chi connectivity index (χ3n) is 2.32. The van der Waals surface area contributed by atoms with Gasteiger partial charge in [-0.2, -0.15) is 0 Å². The van der Waals surface area contributed by atoms with Gasteiger partial charge in [0.15, 0.2) is 0 Å². The number of phenolic OH excluding ortho intramolecular Hbond substituents is 1. The van der Waals surface area contributed by atoms with Crippen LogP contribution in [0.1, 0.15) is 31.9 Å². The van der Waals surface area contributed by atoms with E-state index in [-0.39, 0.29) is 22.3 Å². The van der Waals surface area contributed by atoms with Gasteiger partial charge in [-0.1, -0.05) is 38.4 Å². The molecule has 0 radical (unpaired) electrons. The zero-order valence-electron chi connectivity index (χ0n) is 9.94.